The fourth-order valence-electron chi connectivity index (χ4n) is 3.67. The van der Waals surface area contributed by atoms with E-state index in [4.69, 9.17) is 0 Å². The highest BCUT2D eigenvalue weighted by Crippen LogP contribution is 2.51. The molecule has 1 heterocycles. The van der Waals surface area contributed by atoms with Gasteiger partial charge in [0.25, 0.3) is 0 Å². The molecule has 4 nitrogen and oxygen atoms in total. The second-order valence-electron chi connectivity index (χ2n) is 6.29. The molecule has 1 N–H and O–H groups in total. The molecule has 1 aliphatic heterocycles. The van der Waals surface area contributed by atoms with Gasteiger partial charge in [-0.2, -0.15) is 0 Å². The topological polar surface area (TPSA) is 57.6 Å². The van der Waals surface area contributed by atoms with E-state index in [1.54, 1.807) is 0 Å². The molecular formula is C14H21NO3. The largest absolute Gasteiger partial charge is 0.394 e. The van der Waals surface area contributed by atoms with Gasteiger partial charge >= 0.3 is 0 Å². The van der Waals surface area contributed by atoms with Crippen LogP contribution in [0.5, 0.6) is 0 Å². The lowest BCUT2D eigenvalue weighted by molar-refractivity contribution is -0.146. The standard InChI is InChI=1S/C14H21NO3/c16-10-14(7-8-14)15-11(17)9-13(12(15)18)5-3-1-2-4-6-13/h16H,1-10H2. The number of hydrogen-bond acceptors (Lipinski definition) is 3. The van der Waals surface area contributed by atoms with Gasteiger partial charge in [-0.25, -0.2) is 0 Å². The SMILES string of the molecule is O=C1CC2(CCCCCC2)C(=O)N1C1(CO)CC1. The van der Waals surface area contributed by atoms with E-state index in [0.717, 1.165) is 38.5 Å². The van der Waals surface area contributed by atoms with Gasteiger partial charge in [-0.05, 0) is 25.7 Å². The highest BCUT2D eigenvalue weighted by atomic mass is 16.3. The minimum absolute atomic E-state index is 0.0148. The van der Waals surface area contributed by atoms with Crippen molar-refractivity contribution in [3.63, 3.8) is 0 Å². The van der Waals surface area contributed by atoms with Crippen LogP contribution >= 0.6 is 0 Å². The summed E-state index contributed by atoms with van der Waals surface area (Å²) in [4.78, 5) is 26.3. The van der Waals surface area contributed by atoms with E-state index in [-0.39, 0.29) is 18.4 Å². The highest BCUT2D eigenvalue weighted by molar-refractivity contribution is 6.07. The zero-order chi connectivity index (χ0) is 12.8. The number of hydrogen-bond donors (Lipinski definition) is 1. The van der Waals surface area contributed by atoms with E-state index in [2.05, 4.69) is 0 Å². The lowest BCUT2D eigenvalue weighted by atomic mass is 9.79. The molecule has 3 fully saturated rings. The van der Waals surface area contributed by atoms with Crippen molar-refractivity contribution < 1.29 is 14.7 Å². The van der Waals surface area contributed by atoms with Crippen LogP contribution in [0.2, 0.25) is 0 Å². The summed E-state index contributed by atoms with van der Waals surface area (Å²) < 4.78 is 0. The first-order valence-corrected chi connectivity index (χ1v) is 7.12. The number of imide groups is 1. The maximum absolute atomic E-state index is 12.7. The Bertz CT molecular complexity index is 379. The molecular weight excluding hydrogens is 230 g/mol. The quantitative estimate of drug-likeness (QED) is 0.759. The van der Waals surface area contributed by atoms with Gasteiger partial charge in [0.05, 0.1) is 17.6 Å². The van der Waals surface area contributed by atoms with Gasteiger partial charge in [0, 0.05) is 6.42 Å². The number of likely N-dealkylation sites (tertiary alicyclic amines) is 1. The van der Waals surface area contributed by atoms with Gasteiger partial charge in [-0.1, -0.05) is 25.7 Å². The summed E-state index contributed by atoms with van der Waals surface area (Å²) in [5.74, 6) is -0.0330. The van der Waals surface area contributed by atoms with E-state index in [9.17, 15) is 14.7 Å². The fourth-order valence-corrected chi connectivity index (χ4v) is 3.67. The van der Waals surface area contributed by atoms with Crippen LogP contribution in [-0.2, 0) is 9.59 Å². The maximum atomic E-state index is 12.7. The Morgan fingerprint density at radius 3 is 2.11 bits per heavy atom. The van der Waals surface area contributed by atoms with Gasteiger partial charge in [0.2, 0.25) is 11.8 Å². The first kappa shape index (κ1) is 12.2. The van der Waals surface area contributed by atoms with E-state index < -0.39 is 11.0 Å². The molecule has 2 amide bonds. The molecule has 0 aromatic heterocycles. The predicted octanol–water partition coefficient (Wildman–Crippen LogP) is 1.61. The third kappa shape index (κ3) is 1.62. The van der Waals surface area contributed by atoms with E-state index in [1.165, 1.54) is 17.7 Å². The number of rotatable bonds is 2. The lowest BCUT2D eigenvalue weighted by Gasteiger charge is -2.28. The Labute approximate surface area is 107 Å². The minimum Gasteiger partial charge on any atom is -0.394 e. The molecule has 3 aliphatic rings. The number of carbonyl (C=O) groups excluding carboxylic acids is 2. The molecule has 3 rings (SSSR count). The van der Waals surface area contributed by atoms with E-state index in [1.807, 2.05) is 0 Å². The Hall–Kier alpha value is -0.900. The Balaban J connectivity index is 1.87. The number of aliphatic hydroxyl groups excluding tert-OH is 1. The number of aliphatic hydroxyl groups is 1. The molecule has 0 radical (unpaired) electrons. The van der Waals surface area contributed by atoms with Crippen molar-refractivity contribution in [2.45, 2.75) is 63.3 Å². The number of amides is 2. The molecule has 18 heavy (non-hydrogen) atoms. The lowest BCUT2D eigenvalue weighted by Crippen LogP contribution is -2.46. The molecule has 0 unspecified atom stereocenters. The van der Waals surface area contributed by atoms with Crippen LogP contribution in [0.3, 0.4) is 0 Å². The summed E-state index contributed by atoms with van der Waals surface area (Å²) >= 11 is 0. The Morgan fingerprint density at radius 1 is 1.00 bits per heavy atom. The van der Waals surface area contributed by atoms with Crippen molar-refractivity contribution in [1.29, 1.82) is 0 Å². The van der Waals surface area contributed by atoms with Crippen LogP contribution in [0.15, 0.2) is 0 Å². The number of carbonyl (C=O) groups is 2. The minimum atomic E-state index is -0.524. The van der Waals surface area contributed by atoms with E-state index >= 15 is 0 Å². The number of nitrogens with zero attached hydrogens (tertiary/aromatic N) is 1. The summed E-state index contributed by atoms with van der Waals surface area (Å²) in [6.45, 7) is -0.0689. The van der Waals surface area contributed by atoms with Crippen LogP contribution in [-0.4, -0.2) is 34.0 Å². The molecule has 1 spiro atoms. The molecule has 2 aliphatic carbocycles. The highest BCUT2D eigenvalue weighted by Gasteiger charge is 2.61. The van der Waals surface area contributed by atoms with Gasteiger partial charge in [-0.3, -0.25) is 14.5 Å². The Morgan fingerprint density at radius 2 is 1.61 bits per heavy atom. The molecule has 4 heteroatoms. The molecule has 0 aromatic carbocycles. The van der Waals surface area contributed by atoms with Crippen molar-refractivity contribution in [2.75, 3.05) is 6.61 Å². The van der Waals surface area contributed by atoms with Gasteiger partial charge < -0.3 is 5.11 Å². The normalized spacial score (nSPS) is 29.7. The van der Waals surface area contributed by atoms with Gasteiger partial charge in [-0.15, -0.1) is 0 Å². The first-order chi connectivity index (χ1) is 8.64. The van der Waals surface area contributed by atoms with Crippen LogP contribution < -0.4 is 0 Å². The third-order valence-electron chi connectivity index (χ3n) is 5.05. The average Bonchev–Trinajstić information content (AvgIpc) is 3.11. The maximum Gasteiger partial charge on any atom is 0.236 e. The van der Waals surface area contributed by atoms with Crippen molar-refractivity contribution in [2.24, 2.45) is 5.41 Å². The molecule has 1 saturated heterocycles. The first-order valence-electron chi connectivity index (χ1n) is 7.12. The van der Waals surface area contributed by atoms with Crippen molar-refractivity contribution in [1.82, 2.24) is 4.90 Å². The zero-order valence-corrected chi connectivity index (χ0v) is 10.8. The summed E-state index contributed by atoms with van der Waals surface area (Å²) in [6, 6.07) is 0. The molecule has 0 atom stereocenters. The zero-order valence-electron chi connectivity index (χ0n) is 10.8. The van der Waals surface area contributed by atoms with Crippen molar-refractivity contribution in [3.8, 4) is 0 Å². The summed E-state index contributed by atoms with van der Waals surface area (Å²) in [5.41, 5.74) is -0.942. The molecule has 100 valence electrons. The predicted molar refractivity (Wildman–Crippen MR) is 65.7 cm³/mol. The monoisotopic (exact) mass is 251 g/mol. The second kappa shape index (κ2) is 4.05. The van der Waals surface area contributed by atoms with Crippen LogP contribution in [0.1, 0.15) is 57.8 Å². The average molecular weight is 251 g/mol. The molecule has 0 aromatic rings. The van der Waals surface area contributed by atoms with Crippen molar-refractivity contribution in [3.05, 3.63) is 0 Å². The van der Waals surface area contributed by atoms with Gasteiger partial charge in [0.1, 0.15) is 0 Å². The summed E-state index contributed by atoms with van der Waals surface area (Å²) in [7, 11) is 0. The Kier molecular flexibility index (Phi) is 2.73. The van der Waals surface area contributed by atoms with Crippen LogP contribution in [0, 0.1) is 5.41 Å². The molecule has 0 bridgehead atoms. The van der Waals surface area contributed by atoms with Crippen LogP contribution in [0.4, 0.5) is 0 Å². The van der Waals surface area contributed by atoms with Gasteiger partial charge in [0.15, 0.2) is 0 Å². The summed E-state index contributed by atoms with van der Waals surface area (Å²) in [5, 5.41) is 9.45. The molecule has 2 saturated carbocycles. The summed E-state index contributed by atoms with van der Waals surface area (Å²) in [6.07, 6.45) is 8.10. The van der Waals surface area contributed by atoms with E-state index in [0.29, 0.717) is 6.42 Å². The van der Waals surface area contributed by atoms with Crippen molar-refractivity contribution >= 4 is 11.8 Å². The third-order valence-corrected chi connectivity index (χ3v) is 5.05. The fraction of sp³-hybridized carbons (Fsp3) is 0.857. The smallest absolute Gasteiger partial charge is 0.236 e. The second-order valence-corrected chi connectivity index (χ2v) is 6.29. The van der Waals surface area contributed by atoms with Crippen LogP contribution in [0.25, 0.3) is 0 Å².